The smallest absolute Gasteiger partial charge is 0.423 e. The van der Waals surface area contributed by atoms with E-state index in [9.17, 15) is 14.4 Å². The van der Waals surface area contributed by atoms with E-state index in [4.69, 9.17) is 0 Å². The molecule has 5 nitrogen and oxygen atoms in total. The fourth-order valence-corrected chi connectivity index (χ4v) is 0.570. The van der Waals surface area contributed by atoms with Crippen molar-refractivity contribution in [3.05, 3.63) is 0 Å². The molecule has 0 aliphatic carbocycles. The standard InChI is InChI=1S/C6H9NO4.C2H6/c1-4(8)7(5(2)9)6(10)11-3;1-2/h1-3H3;1-2H3. The van der Waals surface area contributed by atoms with E-state index in [-0.39, 0.29) is 0 Å². The monoisotopic (exact) mass is 189 g/mol. The molecule has 0 spiro atoms. The van der Waals surface area contributed by atoms with Gasteiger partial charge in [0.2, 0.25) is 11.8 Å². The van der Waals surface area contributed by atoms with Crippen LogP contribution in [-0.4, -0.2) is 29.9 Å². The van der Waals surface area contributed by atoms with Crippen molar-refractivity contribution >= 4 is 17.9 Å². The molecule has 13 heavy (non-hydrogen) atoms. The summed E-state index contributed by atoms with van der Waals surface area (Å²) >= 11 is 0. The maximum atomic E-state index is 10.7. The minimum Gasteiger partial charge on any atom is -0.452 e. The van der Waals surface area contributed by atoms with E-state index in [0.717, 1.165) is 21.0 Å². The Labute approximate surface area is 77.7 Å². The molecule has 0 unspecified atom stereocenters. The molecule has 0 aromatic carbocycles. The van der Waals surface area contributed by atoms with Crippen molar-refractivity contribution in [1.29, 1.82) is 0 Å². The van der Waals surface area contributed by atoms with Gasteiger partial charge < -0.3 is 4.74 Å². The Bertz CT molecular complexity index is 186. The molecular weight excluding hydrogens is 174 g/mol. The molecule has 5 heteroatoms. The summed E-state index contributed by atoms with van der Waals surface area (Å²) < 4.78 is 4.18. The molecular formula is C8H15NO4. The van der Waals surface area contributed by atoms with E-state index in [1.165, 1.54) is 0 Å². The van der Waals surface area contributed by atoms with Gasteiger partial charge in [-0.05, 0) is 0 Å². The van der Waals surface area contributed by atoms with Crippen molar-refractivity contribution < 1.29 is 19.1 Å². The van der Waals surface area contributed by atoms with Crippen molar-refractivity contribution in [2.75, 3.05) is 7.11 Å². The van der Waals surface area contributed by atoms with Crippen molar-refractivity contribution in [2.45, 2.75) is 27.7 Å². The van der Waals surface area contributed by atoms with Crippen LogP contribution in [0.5, 0.6) is 0 Å². The Morgan fingerprint density at radius 3 is 1.38 bits per heavy atom. The van der Waals surface area contributed by atoms with E-state index in [0.29, 0.717) is 4.90 Å². The summed E-state index contributed by atoms with van der Waals surface area (Å²) in [5.74, 6) is -1.30. The molecule has 0 atom stereocenters. The molecule has 3 amide bonds. The van der Waals surface area contributed by atoms with Gasteiger partial charge in [-0.3, -0.25) is 9.59 Å². The van der Waals surface area contributed by atoms with E-state index in [1.807, 2.05) is 13.8 Å². The molecule has 0 bridgehead atoms. The largest absolute Gasteiger partial charge is 0.452 e. The van der Waals surface area contributed by atoms with Crippen molar-refractivity contribution in [3.63, 3.8) is 0 Å². The van der Waals surface area contributed by atoms with Crippen LogP contribution in [-0.2, 0) is 14.3 Å². The number of imide groups is 3. The van der Waals surface area contributed by atoms with Gasteiger partial charge in [0.15, 0.2) is 0 Å². The van der Waals surface area contributed by atoms with Crippen LogP contribution in [0.25, 0.3) is 0 Å². The van der Waals surface area contributed by atoms with Gasteiger partial charge in [-0.1, -0.05) is 13.8 Å². The van der Waals surface area contributed by atoms with Gasteiger partial charge in [0.05, 0.1) is 7.11 Å². The first-order chi connectivity index (χ1) is 6.00. The first kappa shape index (κ1) is 14.2. The average molecular weight is 189 g/mol. The van der Waals surface area contributed by atoms with Gasteiger partial charge in [0.1, 0.15) is 0 Å². The lowest BCUT2D eigenvalue weighted by Gasteiger charge is -2.11. The minimum atomic E-state index is -0.954. The van der Waals surface area contributed by atoms with Gasteiger partial charge >= 0.3 is 6.09 Å². The topological polar surface area (TPSA) is 63.7 Å². The third kappa shape index (κ3) is 4.95. The van der Waals surface area contributed by atoms with Gasteiger partial charge in [-0.15, -0.1) is 0 Å². The lowest BCUT2D eigenvalue weighted by atomic mass is 10.5. The number of carbonyl (C=O) groups is 3. The molecule has 0 aromatic heterocycles. The molecule has 0 saturated carbocycles. The SMILES string of the molecule is CC.COC(=O)N(C(C)=O)C(C)=O. The van der Waals surface area contributed by atoms with Gasteiger partial charge in [0.25, 0.3) is 0 Å². The summed E-state index contributed by atoms with van der Waals surface area (Å²) in [6.45, 7) is 6.22. The molecule has 76 valence electrons. The lowest BCUT2D eigenvalue weighted by Crippen LogP contribution is -2.38. The van der Waals surface area contributed by atoms with E-state index >= 15 is 0 Å². The Kier molecular flexibility index (Phi) is 7.91. The second-order valence-corrected chi connectivity index (χ2v) is 1.84. The average Bonchev–Trinajstić information content (AvgIpc) is 2.06. The Morgan fingerprint density at radius 1 is 1.00 bits per heavy atom. The summed E-state index contributed by atoms with van der Waals surface area (Å²) in [4.78, 5) is 32.3. The van der Waals surface area contributed by atoms with E-state index in [2.05, 4.69) is 4.74 Å². The maximum Gasteiger partial charge on any atom is 0.423 e. The molecule has 0 aliphatic rings. The second kappa shape index (κ2) is 7.27. The zero-order valence-electron chi connectivity index (χ0n) is 8.58. The number of carbonyl (C=O) groups excluding carboxylic acids is 3. The molecule has 0 N–H and O–H groups in total. The van der Waals surface area contributed by atoms with E-state index < -0.39 is 17.9 Å². The van der Waals surface area contributed by atoms with Crippen LogP contribution in [0.2, 0.25) is 0 Å². The molecule has 0 saturated heterocycles. The van der Waals surface area contributed by atoms with Crippen LogP contribution in [0.4, 0.5) is 4.79 Å². The first-order valence-corrected chi connectivity index (χ1v) is 3.90. The summed E-state index contributed by atoms with van der Waals surface area (Å²) in [5.41, 5.74) is 0. The fraction of sp³-hybridized carbons (Fsp3) is 0.625. The van der Waals surface area contributed by atoms with Crippen LogP contribution in [0.3, 0.4) is 0 Å². The molecule has 0 aromatic rings. The quantitative estimate of drug-likeness (QED) is 0.573. The summed E-state index contributed by atoms with van der Waals surface area (Å²) in [6, 6.07) is 0. The number of ether oxygens (including phenoxy) is 1. The number of rotatable bonds is 0. The number of hydrogen-bond acceptors (Lipinski definition) is 4. The van der Waals surface area contributed by atoms with E-state index in [1.54, 1.807) is 0 Å². The van der Waals surface area contributed by atoms with Crippen molar-refractivity contribution in [2.24, 2.45) is 0 Å². The van der Waals surface area contributed by atoms with Gasteiger partial charge in [-0.2, -0.15) is 4.90 Å². The summed E-state index contributed by atoms with van der Waals surface area (Å²) in [6.07, 6.45) is -0.954. The Balaban J connectivity index is 0. The highest BCUT2D eigenvalue weighted by molar-refractivity contribution is 6.07. The summed E-state index contributed by atoms with van der Waals surface area (Å²) in [5, 5.41) is 0. The van der Waals surface area contributed by atoms with Crippen LogP contribution in [0, 0.1) is 0 Å². The highest BCUT2D eigenvalue weighted by Gasteiger charge is 2.22. The normalized spacial score (nSPS) is 7.77. The first-order valence-electron chi connectivity index (χ1n) is 3.90. The molecule has 0 fully saturated rings. The number of nitrogens with zero attached hydrogens (tertiary/aromatic N) is 1. The second-order valence-electron chi connectivity index (χ2n) is 1.84. The molecule has 0 aliphatic heterocycles. The third-order valence-corrected chi connectivity index (χ3v) is 0.987. The minimum absolute atomic E-state index is 0.417. The predicted molar refractivity (Wildman–Crippen MR) is 47.0 cm³/mol. The lowest BCUT2D eigenvalue weighted by molar-refractivity contribution is -0.139. The Hall–Kier alpha value is -1.39. The van der Waals surface area contributed by atoms with Gasteiger partial charge in [0, 0.05) is 13.8 Å². The third-order valence-electron chi connectivity index (χ3n) is 0.987. The number of hydrogen-bond donors (Lipinski definition) is 0. The Morgan fingerprint density at radius 2 is 1.31 bits per heavy atom. The summed E-state index contributed by atoms with van der Waals surface area (Å²) in [7, 11) is 1.10. The fourth-order valence-electron chi connectivity index (χ4n) is 0.570. The molecule has 0 radical (unpaired) electrons. The molecule has 0 rings (SSSR count). The van der Waals surface area contributed by atoms with Gasteiger partial charge in [-0.25, -0.2) is 4.79 Å². The highest BCUT2D eigenvalue weighted by Crippen LogP contribution is 1.94. The number of methoxy groups -OCH3 is 1. The number of amides is 3. The predicted octanol–water partition coefficient (Wildman–Crippen LogP) is 1.17. The van der Waals surface area contributed by atoms with Crippen LogP contribution >= 0.6 is 0 Å². The van der Waals surface area contributed by atoms with Crippen LogP contribution < -0.4 is 0 Å². The van der Waals surface area contributed by atoms with Crippen molar-refractivity contribution in [3.8, 4) is 0 Å². The van der Waals surface area contributed by atoms with Crippen molar-refractivity contribution in [1.82, 2.24) is 4.90 Å². The maximum absolute atomic E-state index is 10.7. The van der Waals surface area contributed by atoms with Crippen LogP contribution in [0.1, 0.15) is 27.7 Å². The highest BCUT2D eigenvalue weighted by atomic mass is 16.5. The zero-order chi connectivity index (χ0) is 11.0. The van der Waals surface area contributed by atoms with Crippen LogP contribution in [0.15, 0.2) is 0 Å². The molecule has 0 heterocycles. The zero-order valence-corrected chi connectivity index (χ0v) is 8.58.